The lowest BCUT2D eigenvalue weighted by Crippen LogP contribution is -2.33. The molecule has 2 heterocycles. The largest absolute Gasteiger partial charge is 0.465 e. The molecule has 0 fully saturated rings. The second-order valence-corrected chi connectivity index (χ2v) is 16.7. The maximum Gasteiger partial charge on any atom is 0.339 e. The number of benzene rings is 2. The predicted octanol–water partition coefficient (Wildman–Crippen LogP) is 8.24. The zero-order valence-corrected chi connectivity index (χ0v) is 35.4. The van der Waals surface area contributed by atoms with Gasteiger partial charge >= 0.3 is 11.9 Å². The Labute approximate surface area is 346 Å². The van der Waals surface area contributed by atoms with Crippen LogP contribution in [0.3, 0.4) is 0 Å². The molecule has 0 spiro atoms. The first-order valence-corrected chi connectivity index (χ1v) is 21.9. The molecule has 4 aromatic rings. The molecule has 0 atom stereocenters. The van der Waals surface area contributed by atoms with Crippen molar-refractivity contribution in [2.45, 2.75) is 24.7 Å². The van der Waals surface area contributed by atoms with Crippen molar-refractivity contribution in [3.05, 3.63) is 117 Å². The van der Waals surface area contributed by atoms with Crippen LogP contribution in [-0.4, -0.2) is 76.2 Å². The van der Waals surface area contributed by atoms with Crippen molar-refractivity contribution >= 4 is 106 Å². The van der Waals surface area contributed by atoms with Gasteiger partial charge in [-0.3, -0.25) is 19.0 Å². The zero-order valence-electron chi connectivity index (χ0n) is 29.2. The van der Waals surface area contributed by atoms with Crippen molar-refractivity contribution in [1.82, 2.24) is 9.97 Å². The minimum atomic E-state index is -3.76. The lowest BCUT2D eigenvalue weighted by Gasteiger charge is -2.24. The summed E-state index contributed by atoms with van der Waals surface area (Å²) in [5, 5.41) is 0.366. The zero-order chi connectivity index (χ0) is 41.2. The standard InChI is InChI=1S/C17H17Cl2FN2O4S.C9H10Cl2FNO2S.C8H8BrNO2/c1-26-17(23)12-3-4-13(21-10-12)11-22(27(24,25)8-2-7-18)14-5-6-16(20)15(19)9-14;10-4-1-5-16(14,15)13-7-2-3-9(12)8(11)6-7;1-12-8(11)6-2-3-7(4-9)10-5-6/h3-6,9-10H,2,7-8,11H2,1H3;2-3,6,13H,1,4-5H2;2-3,5H,4H2,1H3. The molecule has 0 amide bonds. The van der Waals surface area contributed by atoms with Crippen molar-refractivity contribution in [2.24, 2.45) is 0 Å². The number of nitrogens with one attached hydrogen (secondary N) is 1. The number of carbonyl (C=O) groups excluding carboxylic acids is 2. The fourth-order valence-corrected chi connectivity index (χ4v) is 7.90. The molecule has 4 rings (SSSR count). The Morgan fingerprint density at radius 2 is 1.27 bits per heavy atom. The number of anilines is 2. The van der Waals surface area contributed by atoms with Crippen molar-refractivity contribution in [2.75, 3.05) is 46.5 Å². The lowest BCUT2D eigenvalue weighted by molar-refractivity contribution is 0.0591. The first-order valence-electron chi connectivity index (χ1n) is 15.7. The number of halogens is 7. The average Bonchev–Trinajstić information content (AvgIpc) is 3.18. The number of pyridine rings is 2. The van der Waals surface area contributed by atoms with Gasteiger partial charge in [0.25, 0.3) is 0 Å². The third kappa shape index (κ3) is 16.4. The molecule has 2 aromatic heterocycles. The predicted molar refractivity (Wildman–Crippen MR) is 215 cm³/mol. The molecule has 0 aliphatic carbocycles. The van der Waals surface area contributed by atoms with E-state index in [1.807, 2.05) is 0 Å². The number of esters is 2. The van der Waals surface area contributed by atoms with Gasteiger partial charge in [0, 0.05) is 29.5 Å². The third-order valence-electron chi connectivity index (χ3n) is 6.74. The molecule has 0 radical (unpaired) electrons. The van der Waals surface area contributed by atoms with Crippen molar-refractivity contribution in [3.8, 4) is 0 Å². The number of carbonyl (C=O) groups is 2. The number of nitrogens with zero attached hydrogens (tertiary/aromatic N) is 3. The number of ether oxygens (including phenoxy) is 2. The number of methoxy groups -OCH3 is 2. The Hall–Kier alpha value is -3.32. The van der Waals surface area contributed by atoms with E-state index in [2.05, 4.69) is 40.1 Å². The van der Waals surface area contributed by atoms with Crippen molar-refractivity contribution in [3.63, 3.8) is 0 Å². The van der Waals surface area contributed by atoms with Crippen LogP contribution in [0.1, 0.15) is 44.9 Å². The van der Waals surface area contributed by atoms with E-state index in [-0.39, 0.29) is 69.2 Å². The number of alkyl halides is 3. The van der Waals surface area contributed by atoms with Gasteiger partial charge in [0.2, 0.25) is 20.0 Å². The van der Waals surface area contributed by atoms with Gasteiger partial charge in [0.15, 0.2) is 0 Å². The normalized spacial score (nSPS) is 10.9. The minimum absolute atomic E-state index is 0.0779. The molecular formula is C34H35BrCl4F2N4O8S2. The van der Waals surface area contributed by atoms with Crippen LogP contribution < -0.4 is 9.03 Å². The summed E-state index contributed by atoms with van der Waals surface area (Å²) in [5.74, 6) is -1.97. The highest BCUT2D eigenvalue weighted by atomic mass is 79.9. The highest BCUT2D eigenvalue weighted by molar-refractivity contribution is 9.08. The topological polar surface area (TPSA) is 162 Å². The van der Waals surface area contributed by atoms with Crippen LogP contribution >= 0.6 is 62.3 Å². The summed E-state index contributed by atoms with van der Waals surface area (Å²) in [6.45, 7) is -0.117. The van der Waals surface area contributed by atoms with E-state index in [4.69, 9.17) is 46.4 Å². The molecular weight excluding hydrogens is 916 g/mol. The van der Waals surface area contributed by atoms with Gasteiger partial charge in [0.05, 0.1) is 76.2 Å². The van der Waals surface area contributed by atoms with E-state index in [0.717, 1.165) is 22.1 Å². The van der Waals surface area contributed by atoms with Gasteiger partial charge < -0.3 is 9.47 Å². The second kappa shape index (κ2) is 23.7. The van der Waals surface area contributed by atoms with Gasteiger partial charge in [-0.2, -0.15) is 0 Å². The first kappa shape index (κ1) is 47.8. The van der Waals surface area contributed by atoms with E-state index in [9.17, 15) is 35.2 Å². The molecule has 0 bridgehead atoms. The summed E-state index contributed by atoms with van der Waals surface area (Å²) in [4.78, 5) is 30.5. The fourth-order valence-electron chi connectivity index (χ4n) is 4.02. The van der Waals surface area contributed by atoms with E-state index >= 15 is 0 Å². The van der Waals surface area contributed by atoms with E-state index in [1.54, 1.807) is 12.1 Å². The average molecular weight is 952 g/mol. The minimum Gasteiger partial charge on any atom is -0.465 e. The Morgan fingerprint density at radius 3 is 1.73 bits per heavy atom. The van der Waals surface area contributed by atoms with Crippen LogP contribution in [0.5, 0.6) is 0 Å². The van der Waals surface area contributed by atoms with E-state index in [0.29, 0.717) is 23.0 Å². The Kier molecular flexibility index (Phi) is 20.6. The summed E-state index contributed by atoms with van der Waals surface area (Å²) in [5.41, 5.74) is 2.43. The number of sulfonamides is 2. The molecule has 55 heavy (non-hydrogen) atoms. The molecule has 0 saturated carbocycles. The smallest absolute Gasteiger partial charge is 0.339 e. The highest BCUT2D eigenvalue weighted by Gasteiger charge is 2.24. The maximum absolute atomic E-state index is 13.5. The summed E-state index contributed by atoms with van der Waals surface area (Å²) in [7, 11) is -4.60. The maximum atomic E-state index is 13.5. The number of aromatic nitrogens is 2. The summed E-state index contributed by atoms with van der Waals surface area (Å²) >= 11 is 25.6. The van der Waals surface area contributed by atoms with Crippen molar-refractivity contribution < 1.29 is 44.7 Å². The van der Waals surface area contributed by atoms with Gasteiger partial charge in [-0.15, -0.1) is 23.2 Å². The molecule has 1 N–H and O–H groups in total. The second-order valence-electron chi connectivity index (χ2n) is 10.7. The lowest BCUT2D eigenvalue weighted by atomic mass is 10.2. The SMILES string of the molecule is COC(=O)c1ccc(CBr)nc1.COC(=O)c1ccc(CN(c2ccc(F)c(Cl)c2)S(=O)(=O)CCCCl)nc1.O=S(=O)(CCCCl)Nc1ccc(F)c(Cl)c1. The first-order chi connectivity index (χ1) is 26.0. The molecule has 0 saturated heterocycles. The van der Waals surface area contributed by atoms with Gasteiger partial charge in [-0.05, 0) is 73.5 Å². The summed E-state index contributed by atoms with van der Waals surface area (Å²) < 4.78 is 87.1. The van der Waals surface area contributed by atoms with Crippen LogP contribution in [0.25, 0.3) is 0 Å². The third-order valence-corrected chi connectivity index (χ3v) is 11.6. The quantitative estimate of drug-likeness (QED) is 0.0908. The van der Waals surface area contributed by atoms with Crippen molar-refractivity contribution in [1.29, 1.82) is 0 Å². The number of hydrogen-bond acceptors (Lipinski definition) is 10. The fraction of sp³-hybridized carbons (Fsp3) is 0.294. The monoisotopic (exact) mass is 948 g/mol. The Morgan fingerprint density at radius 1 is 0.764 bits per heavy atom. The number of rotatable bonds is 15. The van der Waals surface area contributed by atoms with Crippen LogP contribution in [0.4, 0.5) is 20.2 Å². The summed E-state index contributed by atoms with van der Waals surface area (Å²) in [6, 6.07) is 13.7. The van der Waals surface area contributed by atoms with Gasteiger partial charge in [-0.1, -0.05) is 39.1 Å². The molecule has 300 valence electrons. The summed E-state index contributed by atoms with van der Waals surface area (Å²) in [6.07, 6.45) is 3.40. The Bertz CT molecular complexity index is 2090. The van der Waals surface area contributed by atoms with Gasteiger partial charge in [0.1, 0.15) is 11.6 Å². The van der Waals surface area contributed by atoms with Crippen LogP contribution in [0.2, 0.25) is 10.0 Å². The van der Waals surface area contributed by atoms with Gasteiger partial charge in [-0.25, -0.2) is 35.2 Å². The van der Waals surface area contributed by atoms with Crippen LogP contribution in [-0.2, 0) is 41.4 Å². The molecule has 2 aromatic carbocycles. The van der Waals surface area contributed by atoms with Crippen LogP contribution in [0.15, 0.2) is 73.1 Å². The highest BCUT2D eigenvalue weighted by Crippen LogP contribution is 2.27. The number of hydrogen-bond donors (Lipinski definition) is 1. The van der Waals surface area contributed by atoms with Crippen LogP contribution in [0, 0.1) is 11.6 Å². The molecule has 0 aliphatic heterocycles. The van der Waals surface area contributed by atoms with E-state index < -0.39 is 37.7 Å². The molecule has 21 heteroatoms. The molecule has 12 nitrogen and oxygen atoms in total. The Balaban J connectivity index is 0.000000315. The molecule has 0 aliphatic rings. The van der Waals surface area contributed by atoms with E-state index in [1.165, 1.54) is 63.0 Å². The molecule has 0 unspecified atom stereocenters.